The molecular formula is C19H21N3O4. The fraction of sp³-hybridized carbons (Fsp3) is 0.316. The molecule has 0 spiro atoms. The van der Waals surface area contributed by atoms with Gasteiger partial charge in [0.25, 0.3) is 11.8 Å². The third-order valence-corrected chi connectivity index (χ3v) is 4.07. The van der Waals surface area contributed by atoms with Gasteiger partial charge in [-0.2, -0.15) is 0 Å². The lowest BCUT2D eigenvalue weighted by atomic mass is 10.1. The van der Waals surface area contributed by atoms with Crippen LogP contribution in [-0.2, 0) is 0 Å². The number of aromatic nitrogens is 1. The third-order valence-electron chi connectivity index (χ3n) is 4.07. The van der Waals surface area contributed by atoms with E-state index in [0.717, 1.165) is 12.8 Å². The third kappa shape index (κ3) is 3.93. The second-order valence-electron chi connectivity index (χ2n) is 6.06. The summed E-state index contributed by atoms with van der Waals surface area (Å²) in [6, 6.07) is 6.71. The van der Waals surface area contributed by atoms with E-state index in [1.165, 1.54) is 12.4 Å². The van der Waals surface area contributed by atoms with Crippen molar-refractivity contribution < 1.29 is 19.1 Å². The number of hydrogen-bond acceptors (Lipinski definition) is 5. The molecule has 3 rings (SSSR count). The Labute approximate surface area is 151 Å². The monoisotopic (exact) mass is 355 g/mol. The lowest BCUT2D eigenvalue weighted by Crippen LogP contribution is -2.28. The highest BCUT2D eigenvalue weighted by Gasteiger charge is 2.17. The first-order valence-corrected chi connectivity index (χ1v) is 8.50. The number of hydrogen-bond donors (Lipinski definition) is 1. The second-order valence-corrected chi connectivity index (χ2v) is 6.06. The lowest BCUT2D eigenvalue weighted by molar-refractivity contribution is 0.0793. The van der Waals surface area contributed by atoms with Crippen molar-refractivity contribution in [3.05, 3.63) is 47.8 Å². The Balaban J connectivity index is 1.71. The average Bonchev–Trinajstić information content (AvgIpc) is 3.13. The van der Waals surface area contributed by atoms with E-state index in [4.69, 9.17) is 9.47 Å². The minimum absolute atomic E-state index is 0.149. The molecule has 0 bridgehead atoms. The summed E-state index contributed by atoms with van der Waals surface area (Å²) in [4.78, 5) is 30.6. The van der Waals surface area contributed by atoms with E-state index >= 15 is 0 Å². The van der Waals surface area contributed by atoms with Crippen LogP contribution in [0.3, 0.4) is 0 Å². The van der Waals surface area contributed by atoms with Crippen LogP contribution < -0.4 is 14.8 Å². The van der Waals surface area contributed by atoms with Crippen molar-refractivity contribution in [3.8, 4) is 11.5 Å². The van der Waals surface area contributed by atoms with Gasteiger partial charge >= 0.3 is 0 Å². The summed E-state index contributed by atoms with van der Waals surface area (Å²) in [6.45, 7) is 2.91. The molecule has 1 aliphatic rings. The molecule has 0 fully saturated rings. The zero-order valence-corrected chi connectivity index (χ0v) is 14.8. The van der Waals surface area contributed by atoms with Crippen LogP contribution in [0.5, 0.6) is 11.5 Å². The molecule has 0 unspecified atom stereocenters. The maximum atomic E-state index is 12.5. The van der Waals surface area contributed by atoms with Crippen molar-refractivity contribution in [1.29, 1.82) is 0 Å². The predicted octanol–water partition coefficient (Wildman–Crippen LogP) is 2.93. The van der Waals surface area contributed by atoms with Crippen LogP contribution in [-0.4, -0.2) is 42.1 Å². The number of fused-ring (bicyclic) bond motifs is 1. The number of carbonyl (C=O) groups is 2. The maximum absolute atomic E-state index is 12.5. The number of ether oxygens (including phenoxy) is 2. The second kappa shape index (κ2) is 7.86. The Hall–Kier alpha value is -3.09. The van der Waals surface area contributed by atoms with Gasteiger partial charge in [0.1, 0.15) is 0 Å². The van der Waals surface area contributed by atoms with E-state index in [1.54, 1.807) is 36.2 Å². The van der Waals surface area contributed by atoms with Crippen molar-refractivity contribution in [2.75, 3.05) is 25.7 Å². The highest BCUT2D eigenvalue weighted by Crippen LogP contribution is 2.34. The molecule has 0 saturated heterocycles. The predicted molar refractivity (Wildman–Crippen MR) is 96.6 cm³/mol. The molecule has 0 atom stereocenters. The first-order valence-electron chi connectivity index (χ1n) is 8.50. The van der Waals surface area contributed by atoms with Gasteiger partial charge in [-0.25, -0.2) is 0 Å². The van der Waals surface area contributed by atoms with E-state index < -0.39 is 0 Å². The molecule has 1 aromatic carbocycles. The fourth-order valence-corrected chi connectivity index (χ4v) is 2.58. The van der Waals surface area contributed by atoms with Gasteiger partial charge in [-0.15, -0.1) is 0 Å². The zero-order chi connectivity index (χ0) is 18.5. The molecule has 1 aliphatic heterocycles. The van der Waals surface area contributed by atoms with E-state index in [1.807, 2.05) is 0 Å². The Morgan fingerprint density at radius 3 is 2.73 bits per heavy atom. The summed E-state index contributed by atoms with van der Waals surface area (Å²) in [5.74, 6) is 0.737. The van der Waals surface area contributed by atoms with Crippen LogP contribution in [0.2, 0.25) is 0 Å². The molecular weight excluding hydrogens is 334 g/mol. The molecule has 0 saturated carbocycles. The van der Waals surface area contributed by atoms with Gasteiger partial charge in [0.2, 0.25) is 6.79 Å². The first-order chi connectivity index (χ1) is 12.6. The number of nitrogens with zero attached hydrogens (tertiary/aromatic N) is 2. The van der Waals surface area contributed by atoms with Gasteiger partial charge in [0, 0.05) is 37.7 Å². The molecule has 0 radical (unpaired) electrons. The number of benzene rings is 1. The molecule has 26 heavy (non-hydrogen) atoms. The molecule has 7 heteroatoms. The molecule has 1 aromatic heterocycles. The van der Waals surface area contributed by atoms with Crippen molar-refractivity contribution in [2.45, 2.75) is 19.8 Å². The Morgan fingerprint density at radius 1 is 1.15 bits per heavy atom. The van der Waals surface area contributed by atoms with E-state index in [9.17, 15) is 9.59 Å². The fourth-order valence-electron chi connectivity index (χ4n) is 2.58. The van der Waals surface area contributed by atoms with Crippen LogP contribution in [0.4, 0.5) is 5.69 Å². The molecule has 1 N–H and O–H groups in total. The summed E-state index contributed by atoms with van der Waals surface area (Å²) in [7, 11) is 1.75. The van der Waals surface area contributed by atoms with E-state index in [0.29, 0.717) is 34.9 Å². The van der Waals surface area contributed by atoms with Crippen LogP contribution in [0.15, 0.2) is 36.7 Å². The van der Waals surface area contributed by atoms with Gasteiger partial charge in [-0.1, -0.05) is 13.3 Å². The van der Waals surface area contributed by atoms with Crippen LogP contribution in [0.1, 0.15) is 40.5 Å². The quantitative estimate of drug-likeness (QED) is 0.862. The van der Waals surface area contributed by atoms with Crippen molar-refractivity contribution in [1.82, 2.24) is 9.88 Å². The summed E-state index contributed by atoms with van der Waals surface area (Å²) >= 11 is 0. The van der Waals surface area contributed by atoms with Gasteiger partial charge in [0.15, 0.2) is 11.5 Å². The smallest absolute Gasteiger partial charge is 0.257 e. The van der Waals surface area contributed by atoms with Gasteiger partial charge in [0.05, 0.1) is 11.1 Å². The molecule has 2 amide bonds. The van der Waals surface area contributed by atoms with Crippen LogP contribution in [0.25, 0.3) is 0 Å². The average molecular weight is 355 g/mol. The normalized spacial score (nSPS) is 11.9. The molecule has 0 aliphatic carbocycles. The zero-order valence-electron chi connectivity index (χ0n) is 14.8. The number of nitrogens with one attached hydrogen (secondary N) is 1. The Kier molecular flexibility index (Phi) is 5.36. The number of anilines is 1. The SMILES string of the molecule is CCCCN(C)C(=O)c1cncc(C(=O)Nc2ccc3c(c2)OCO3)c1. The van der Waals surface area contributed by atoms with Gasteiger partial charge in [-0.05, 0) is 24.6 Å². The van der Waals surface area contributed by atoms with Crippen molar-refractivity contribution in [3.63, 3.8) is 0 Å². The number of pyridine rings is 1. The summed E-state index contributed by atoms with van der Waals surface area (Å²) in [5, 5.41) is 2.78. The van der Waals surface area contributed by atoms with Gasteiger partial charge < -0.3 is 19.7 Å². The van der Waals surface area contributed by atoms with Crippen molar-refractivity contribution >= 4 is 17.5 Å². The molecule has 136 valence electrons. The largest absolute Gasteiger partial charge is 0.454 e. The van der Waals surface area contributed by atoms with Crippen LogP contribution in [0, 0.1) is 0 Å². The standard InChI is InChI=1S/C19H21N3O4/c1-3-4-7-22(2)19(24)14-8-13(10-20-11-14)18(23)21-15-5-6-16-17(9-15)26-12-25-16/h5-6,8-11H,3-4,7,12H2,1-2H3,(H,21,23). The topological polar surface area (TPSA) is 80.8 Å². The summed E-state index contributed by atoms with van der Waals surface area (Å²) in [5.41, 5.74) is 1.29. The van der Waals surface area contributed by atoms with E-state index in [2.05, 4.69) is 17.2 Å². The number of unbranched alkanes of at least 4 members (excludes halogenated alkanes) is 1. The van der Waals surface area contributed by atoms with E-state index in [-0.39, 0.29) is 18.6 Å². The number of amides is 2. The molecule has 2 aromatic rings. The Morgan fingerprint density at radius 2 is 1.92 bits per heavy atom. The lowest BCUT2D eigenvalue weighted by Gasteiger charge is -2.16. The molecule has 2 heterocycles. The minimum Gasteiger partial charge on any atom is -0.454 e. The highest BCUT2D eigenvalue weighted by atomic mass is 16.7. The maximum Gasteiger partial charge on any atom is 0.257 e. The first kappa shape index (κ1) is 17.7. The minimum atomic E-state index is -0.345. The van der Waals surface area contributed by atoms with Crippen molar-refractivity contribution in [2.24, 2.45) is 0 Å². The highest BCUT2D eigenvalue weighted by molar-refractivity contribution is 6.06. The number of rotatable bonds is 6. The summed E-state index contributed by atoms with van der Waals surface area (Å²) in [6.07, 6.45) is 4.85. The van der Waals surface area contributed by atoms with Gasteiger partial charge in [-0.3, -0.25) is 14.6 Å². The Bertz CT molecular complexity index is 822. The summed E-state index contributed by atoms with van der Waals surface area (Å²) < 4.78 is 10.5. The van der Waals surface area contributed by atoms with Crippen LogP contribution >= 0.6 is 0 Å². The number of carbonyl (C=O) groups excluding carboxylic acids is 2. The molecule has 7 nitrogen and oxygen atoms in total.